The molecule has 0 aliphatic rings. The lowest BCUT2D eigenvalue weighted by molar-refractivity contribution is 0.734. The van der Waals surface area contributed by atoms with Gasteiger partial charge in [-0.05, 0) is 41.5 Å². The second-order valence-electron chi connectivity index (χ2n) is 4.57. The van der Waals surface area contributed by atoms with Crippen molar-refractivity contribution in [3.8, 4) is 0 Å². The van der Waals surface area contributed by atoms with Crippen molar-refractivity contribution in [2.75, 3.05) is 0 Å². The van der Waals surface area contributed by atoms with E-state index in [0.29, 0.717) is 5.92 Å². The highest BCUT2D eigenvalue weighted by atomic mass is 14.1. The molecule has 0 nitrogen and oxygen atoms in total. The molecule has 0 N–H and O–H groups in total. The number of rotatable bonds is 4. The van der Waals surface area contributed by atoms with E-state index in [1.807, 2.05) is 12.1 Å². The quantitative estimate of drug-likeness (QED) is 0.609. The molecule has 0 saturated heterocycles. The van der Waals surface area contributed by atoms with E-state index in [9.17, 15) is 0 Å². The summed E-state index contributed by atoms with van der Waals surface area (Å²) in [5.41, 5.74) is 8.53. The number of allylic oxidation sites excluding steroid dienone is 1. The fourth-order valence-corrected chi connectivity index (χ4v) is 1.97. The molecule has 0 heteroatoms. The van der Waals surface area contributed by atoms with Crippen LogP contribution in [0.2, 0.25) is 0 Å². The molecule has 17 heavy (non-hydrogen) atoms. The third kappa shape index (κ3) is 3.47. The first kappa shape index (κ1) is 13.5. The smallest absolute Gasteiger partial charge is 0.00134 e. The third-order valence-corrected chi connectivity index (χ3v) is 3.01. The van der Waals surface area contributed by atoms with Gasteiger partial charge in [0.15, 0.2) is 0 Å². The first-order valence-corrected chi connectivity index (χ1v) is 6.28. The average molecular weight is 226 g/mol. The van der Waals surface area contributed by atoms with Gasteiger partial charge >= 0.3 is 0 Å². The van der Waals surface area contributed by atoms with E-state index in [2.05, 4.69) is 58.2 Å². The van der Waals surface area contributed by atoms with Crippen molar-refractivity contribution >= 4 is 11.6 Å². The second-order valence-corrected chi connectivity index (χ2v) is 4.57. The summed E-state index contributed by atoms with van der Waals surface area (Å²) >= 11 is 0. The molecule has 0 heterocycles. The highest BCUT2D eigenvalue weighted by Gasteiger charge is 2.02. The Balaban J connectivity index is 3.32. The Labute approximate surface area is 105 Å². The first-order valence-electron chi connectivity index (χ1n) is 6.28. The van der Waals surface area contributed by atoms with Crippen molar-refractivity contribution < 1.29 is 0 Å². The lowest BCUT2D eigenvalue weighted by atomic mass is 9.97. The number of benzene rings is 1. The zero-order chi connectivity index (χ0) is 12.8. The van der Waals surface area contributed by atoms with Gasteiger partial charge in [-0.15, -0.1) is 5.73 Å². The molecule has 90 valence electrons. The Morgan fingerprint density at radius 2 is 2.00 bits per heavy atom. The van der Waals surface area contributed by atoms with E-state index in [4.69, 9.17) is 0 Å². The normalized spacial score (nSPS) is 9.94. The van der Waals surface area contributed by atoms with E-state index in [1.165, 1.54) is 22.3 Å². The maximum atomic E-state index is 3.86. The Kier molecular flexibility index (Phi) is 5.00. The largest absolute Gasteiger partial charge is 0.118 e. The fourth-order valence-electron chi connectivity index (χ4n) is 1.97. The fraction of sp³-hybridized carbons (Fsp3) is 0.353. The van der Waals surface area contributed by atoms with Crippen LogP contribution < -0.4 is 0 Å². The molecule has 0 fully saturated rings. The Morgan fingerprint density at radius 1 is 1.35 bits per heavy atom. The monoisotopic (exact) mass is 226 g/mol. The predicted molar refractivity (Wildman–Crippen MR) is 77.8 cm³/mol. The summed E-state index contributed by atoms with van der Waals surface area (Å²) in [5.74, 6) is 0.561. The van der Waals surface area contributed by atoms with Crippen LogP contribution in [0.1, 0.15) is 45.2 Å². The van der Waals surface area contributed by atoms with Gasteiger partial charge in [-0.2, -0.15) is 0 Å². The van der Waals surface area contributed by atoms with Gasteiger partial charge < -0.3 is 0 Å². The molecule has 0 aliphatic heterocycles. The molecule has 0 saturated carbocycles. The SMILES string of the molecule is C=Cc1ccccc1C(C)=C=C(CC)C(C)C. The lowest BCUT2D eigenvalue weighted by Gasteiger charge is -2.08. The molecule has 1 aromatic carbocycles. The molecule has 0 amide bonds. The summed E-state index contributed by atoms with van der Waals surface area (Å²) in [6.45, 7) is 12.6. The minimum Gasteiger partial charge on any atom is -0.118 e. The summed E-state index contributed by atoms with van der Waals surface area (Å²) in [4.78, 5) is 0. The topological polar surface area (TPSA) is 0 Å². The highest BCUT2D eigenvalue weighted by Crippen LogP contribution is 2.21. The number of hydrogen-bond donors (Lipinski definition) is 0. The van der Waals surface area contributed by atoms with Gasteiger partial charge in [0, 0.05) is 0 Å². The van der Waals surface area contributed by atoms with Crippen LogP contribution in [0, 0.1) is 5.92 Å². The lowest BCUT2D eigenvalue weighted by Crippen LogP contribution is -1.91. The molecular formula is C17H22. The van der Waals surface area contributed by atoms with E-state index < -0.39 is 0 Å². The van der Waals surface area contributed by atoms with Crippen LogP contribution in [0.4, 0.5) is 0 Å². The zero-order valence-electron chi connectivity index (χ0n) is 11.4. The van der Waals surface area contributed by atoms with Gasteiger partial charge in [0.1, 0.15) is 0 Å². The molecule has 0 bridgehead atoms. The molecule has 0 aliphatic carbocycles. The summed E-state index contributed by atoms with van der Waals surface area (Å²) in [6, 6.07) is 8.33. The van der Waals surface area contributed by atoms with Gasteiger partial charge in [0.05, 0.1) is 0 Å². The minimum atomic E-state index is 0.561. The van der Waals surface area contributed by atoms with Crippen molar-refractivity contribution in [2.45, 2.75) is 34.1 Å². The maximum Gasteiger partial charge on any atom is -0.00134 e. The molecule has 0 spiro atoms. The summed E-state index contributed by atoms with van der Waals surface area (Å²) in [5, 5.41) is 0. The highest BCUT2D eigenvalue weighted by molar-refractivity contribution is 5.72. The van der Waals surface area contributed by atoms with Crippen LogP contribution >= 0.6 is 0 Å². The van der Waals surface area contributed by atoms with E-state index in [-0.39, 0.29) is 0 Å². The van der Waals surface area contributed by atoms with Gasteiger partial charge in [0.25, 0.3) is 0 Å². The van der Waals surface area contributed by atoms with Gasteiger partial charge in [-0.1, -0.05) is 57.7 Å². The van der Waals surface area contributed by atoms with Crippen molar-refractivity contribution in [1.82, 2.24) is 0 Å². The Hall–Kier alpha value is -1.52. The molecular weight excluding hydrogens is 204 g/mol. The molecule has 0 radical (unpaired) electrons. The maximum absolute atomic E-state index is 3.86. The molecule has 0 unspecified atom stereocenters. The Morgan fingerprint density at radius 3 is 2.53 bits per heavy atom. The van der Waals surface area contributed by atoms with Crippen LogP contribution in [0.5, 0.6) is 0 Å². The number of hydrogen-bond acceptors (Lipinski definition) is 0. The second kappa shape index (κ2) is 6.27. The standard InChI is InChI=1S/C17H22/c1-6-15-10-8-9-11-17(15)14(5)12-16(7-2)13(3)4/h6,8-11,13H,1,7H2,2-5H3. The zero-order valence-corrected chi connectivity index (χ0v) is 11.4. The summed E-state index contributed by atoms with van der Waals surface area (Å²) in [7, 11) is 0. The first-order chi connectivity index (χ1) is 8.10. The van der Waals surface area contributed by atoms with Crippen LogP contribution in [-0.2, 0) is 0 Å². The molecule has 0 aromatic heterocycles. The van der Waals surface area contributed by atoms with Crippen molar-refractivity contribution in [3.63, 3.8) is 0 Å². The van der Waals surface area contributed by atoms with Crippen molar-refractivity contribution in [3.05, 3.63) is 53.3 Å². The van der Waals surface area contributed by atoms with Gasteiger partial charge in [-0.3, -0.25) is 0 Å². The summed E-state index contributed by atoms with van der Waals surface area (Å²) < 4.78 is 0. The van der Waals surface area contributed by atoms with Gasteiger partial charge in [0.2, 0.25) is 0 Å². The van der Waals surface area contributed by atoms with E-state index in [1.54, 1.807) is 0 Å². The van der Waals surface area contributed by atoms with Crippen LogP contribution in [0.3, 0.4) is 0 Å². The van der Waals surface area contributed by atoms with Crippen molar-refractivity contribution in [1.29, 1.82) is 0 Å². The molecule has 0 atom stereocenters. The minimum absolute atomic E-state index is 0.561. The van der Waals surface area contributed by atoms with Gasteiger partial charge in [-0.25, -0.2) is 0 Å². The van der Waals surface area contributed by atoms with Crippen LogP contribution in [0.25, 0.3) is 11.6 Å². The van der Waals surface area contributed by atoms with Crippen LogP contribution in [-0.4, -0.2) is 0 Å². The van der Waals surface area contributed by atoms with Crippen molar-refractivity contribution in [2.24, 2.45) is 5.92 Å². The molecule has 1 rings (SSSR count). The third-order valence-electron chi connectivity index (χ3n) is 3.01. The summed E-state index contributed by atoms with van der Waals surface area (Å²) in [6.07, 6.45) is 2.97. The van der Waals surface area contributed by atoms with Crippen LogP contribution in [0.15, 0.2) is 42.1 Å². The Bertz CT molecular complexity index is 455. The molecule has 1 aromatic rings. The average Bonchev–Trinajstić information content (AvgIpc) is 2.35. The van der Waals surface area contributed by atoms with E-state index >= 15 is 0 Å². The predicted octanol–water partition coefficient (Wildman–Crippen LogP) is 5.32. The van der Waals surface area contributed by atoms with E-state index in [0.717, 1.165) is 6.42 Å².